The van der Waals surface area contributed by atoms with Crippen molar-refractivity contribution < 1.29 is 13.2 Å². The van der Waals surface area contributed by atoms with E-state index in [0.29, 0.717) is 22.1 Å². The lowest BCUT2D eigenvalue weighted by molar-refractivity contribution is 0.319. The van der Waals surface area contributed by atoms with E-state index in [4.69, 9.17) is 4.74 Å². The third-order valence-corrected chi connectivity index (χ3v) is 6.92. The first kappa shape index (κ1) is 20.0. The van der Waals surface area contributed by atoms with Crippen LogP contribution in [0.15, 0.2) is 64.6 Å². The molecule has 0 N–H and O–H groups in total. The Kier molecular flexibility index (Phi) is 6.60. The zero-order valence-corrected chi connectivity index (χ0v) is 17.8. The molecule has 0 aliphatic carbocycles. The lowest BCUT2D eigenvalue weighted by atomic mass is 10.1. The van der Waals surface area contributed by atoms with Crippen LogP contribution in [-0.2, 0) is 16.3 Å². The highest BCUT2D eigenvalue weighted by Gasteiger charge is 2.25. The van der Waals surface area contributed by atoms with Gasteiger partial charge in [0.25, 0.3) is 0 Å². The third-order valence-electron chi connectivity index (χ3n) is 4.46. The van der Waals surface area contributed by atoms with Crippen molar-refractivity contribution in [2.24, 2.45) is 0 Å². The number of aryl methyl sites for hydroxylation is 1. The first-order chi connectivity index (χ1) is 13.1. The summed E-state index contributed by atoms with van der Waals surface area (Å²) in [6.07, 6.45) is 7.46. The Labute approximate surface area is 169 Å². The van der Waals surface area contributed by atoms with Gasteiger partial charge in [-0.15, -0.1) is 0 Å². The number of ether oxygens (including phenoxy) is 1. The van der Waals surface area contributed by atoms with Crippen LogP contribution in [0.2, 0.25) is 0 Å². The highest BCUT2D eigenvalue weighted by molar-refractivity contribution is 9.09. The summed E-state index contributed by atoms with van der Waals surface area (Å²) in [4.78, 5) is 0.717. The third kappa shape index (κ3) is 4.38. The van der Waals surface area contributed by atoms with Gasteiger partial charge in [0.2, 0.25) is 9.84 Å². The van der Waals surface area contributed by atoms with E-state index in [9.17, 15) is 8.42 Å². The van der Waals surface area contributed by atoms with Gasteiger partial charge >= 0.3 is 0 Å². The molecule has 3 aromatic rings. The molecule has 0 unspecified atom stereocenters. The van der Waals surface area contributed by atoms with Crippen LogP contribution in [0.3, 0.4) is 0 Å². The van der Waals surface area contributed by atoms with Crippen molar-refractivity contribution in [1.29, 1.82) is 0 Å². The molecule has 4 nitrogen and oxygen atoms in total. The summed E-state index contributed by atoms with van der Waals surface area (Å²) in [5, 5.41) is 0.877. The molecule has 2 heterocycles. The number of benzene rings is 1. The monoisotopic (exact) mass is 449 g/mol. The minimum absolute atomic E-state index is 0.296. The molecule has 0 atom stereocenters. The smallest absolute Gasteiger partial charge is 0.208 e. The quantitative estimate of drug-likeness (QED) is 0.329. The van der Waals surface area contributed by atoms with Gasteiger partial charge in [-0.3, -0.25) is 0 Å². The van der Waals surface area contributed by atoms with Crippen LogP contribution in [0.1, 0.15) is 31.7 Å². The van der Waals surface area contributed by atoms with Crippen LogP contribution in [0.5, 0.6) is 5.75 Å². The van der Waals surface area contributed by atoms with Crippen LogP contribution in [0.25, 0.3) is 5.52 Å². The van der Waals surface area contributed by atoms with Gasteiger partial charge in [-0.1, -0.05) is 35.3 Å². The molecule has 3 rings (SSSR count). The lowest BCUT2D eigenvalue weighted by Crippen LogP contribution is -2.05. The molecule has 0 saturated heterocycles. The highest BCUT2D eigenvalue weighted by atomic mass is 79.9. The van der Waals surface area contributed by atoms with Crippen molar-refractivity contribution in [3.8, 4) is 5.75 Å². The number of pyridine rings is 1. The SMILES string of the molecule is CCCCc1cn2ccccc2c1S(=O)(=O)c1ccc(OCCCBr)cc1. The average molecular weight is 450 g/mol. The van der Waals surface area contributed by atoms with Crippen LogP contribution in [-0.4, -0.2) is 24.8 Å². The zero-order chi connectivity index (χ0) is 19.3. The molecule has 2 aromatic heterocycles. The average Bonchev–Trinajstić information content (AvgIpc) is 3.06. The van der Waals surface area contributed by atoms with Crippen molar-refractivity contribution in [2.75, 3.05) is 11.9 Å². The Morgan fingerprint density at radius 3 is 2.56 bits per heavy atom. The Hall–Kier alpha value is -1.79. The second-order valence-corrected chi connectivity index (χ2v) is 9.13. The fraction of sp³-hybridized carbons (Fsp3) is 0.333. The molecule has 144 valence electrons. The second kappa shape index (κ2) is 8.93. The minimum atomic E-state index is -3.61. The van der Waals surface area contributed by atoms with E-state index in [0.717, 1.165) is 42.1 Å². The van der Waals surface area contributed by atoms with Gasteiger partial charge in [-0.25, -0.2) is 8.42 Å². The maximum Gasteiger partial charge on any atom is 0.208 e. The fourth-order valence-electron chi connectivity index (χ4n) is 3.09. The lowest BCUT2D eigenvalue weighted by Gasteiger charge is -2.09. The predicted molar refractivity (Wildman–Crippen MR) is 112 cm³/mol. The van der Waals surface area contributed by atoms with Crippen molar-refractivity contribution >= 4 is 31.3 Å². The Bertz CT molecular complexity index is 994. The summed E-state index contributed by atoms with van der Waals surface area (Å²) < 4.78 is 34.3. The molecular formula is C21H24BrNO3S. The number of halogens is 1. The number of rotatable bonds is 9. The summed E-state index contributed by atoms with van der Waals surface area (Å²) >= 11 is 3.37. The van der Waals surface area contributed by atoms with Crippen LogP contribution < -0.4 is 4.74 Å². The molecule has 0 aliphatic heterocycles. The number of alkyl halides is 1. The number of hydrogen-bond donors (Lipinski definition) is 0. The van der Waals surface area contributed by atoms with E-state index in [1.807, 2.05) is 35.0 Å². The maximum absolute atomic E-state index is 13.4. The zero-order valence-electron chi connectivity index (χ0n) is 15.4. The van der Waals surface area contributed by atoms with Gasteiger partial charge < -0.3 is 9.14 Å². The summed E-state index contributed by atoms with van der Waals surface area (Å²) in [5.74, 6) is 0.683. The fourth-order valence-corrected chi connectivity index (χ4v) is 4.99. The van der Waals surface area contributed by atoms with Gasteiger partial charge in [0.15, 0.2) is 0 Å². The molecule has 27 heavy (non-hydrogen) atoms. The number of nitrogens with zero attached hydrogens (tertiary/aromatic N) is 1. The first-order valence-electron chi connectivity index (χ1n) is 9.20. The number of aromatic nitrogens is 1. The Morgan fingerprint density at radius 2 is 1.85 bits per heavy atom. The molecule has 6 heteroatoms. The van der Waals surface area contributed by atoms with Crippen molar-refractivity contribution in [2.45, 2.75) is 42.4 Å². The number of fused-ring (bicyclic) bond motifs is 1. The number of unbranched alkanes of at least 4 members (excludes halogenated alkanes) is 1. The molecular weight excluding hydrogens is 426 g/mol. The molecule has 0 bridgehead atoms. The van der Waals surface area contributed by atoms with Gasteiger partial charge in [0.05, 0.1) is 17.0 Å². The molecule has 0 aliphatic rings. The van der Waals surface area contributed by atoms with Gasteiger partial charge in [-0.05, 0) is 61.2 Å². The normalized spacial score (nSPS) is 11.8. The van der Waals surface area contributed by atoms with Crippen molar-refractivity contribution in [3.63, 3.8) is 0 Å². The van der Waals surface area contributed by atoms with E-state index in [2.05, 4.69) is 22.9 Å². The van der Waals surface area contributed by atoms with E-state index >= 15 is 0 Å². The van der Waals surface area contributed by atoms with E-state index in [1.165, 1.54) is 0 Å². The summed E-state index contributed by atoms with van der Waals surface area (Å²) in [7, 11) is -3.61. The number of hydrogen-bond acceptors (Lipinski definition) is 3. The van der Waals surface area contributed by atoms with E-state index < -0.39 is 9.84 Å². The molecule has 0 spiro atoms. The first-order valence-corrected chi connectivity index (χ1v) is 11.8. The minimum Gasteiger partial charge on any atom is -0.494 e. The van der Waals surface area contributed by atoms with Crippen LogP contribution in [0.4, 0.5) is 0 Å². The molecule has 0 fully saturated rings. The molecule has 0 radical (unpaired) electrons. The largest absolute Gasteiger partial charge is 0.494 e. The molecule has 0 saturated carbocycles. The topological polar surface area (TPSA) is 47.8 Å². The second-order valence-electron chi connectivity index (χ2n) is 6.45. The van der Waals surface area contributed by atoms with Gasteiger partial charge in [0, 0.05) is 17.7 Å². The van der Waals surface area contributed by atoms with E-state index in [-0.39, 0.29) is 0 Å². The summed E-state index contributed by atoms with van der Waals surface area (Å²) in [6.45, 7) is 2.71. The highest BCUT2D eigenvalue weighted by Crippen LogP contribution is 2.31. The Morgan fingerprint density at radius 1 is 1.07 bits per heavy atom. The van der Waals surface area contributed by atoms with Crippen LogP contribution >= 0.6 is 15.9 Å². The number of sulfone groups is 1. The van der Waals surface area contributed by atoms with Gasteiger partial charge in [-0.2, -0.15) is 0 Å². The summed E-state index contributed by atoms with van der Waals surface area (Å²) in [5.41, 5.74) is 1.60. The van der Waals surface area contributed by atoms with Gasteiger partial charge in [0.1, 0.15) is 10.6 Å². The van der Waals surface area contributed by atoms with Crippen LogP contribution in [0, 0.1) is 0 Å². The predicted octanol–water partition coefficient (Wildman–Crippen LogP) is 5.28. The maximum atomic E-state index is 13.4. The standard InChI is InChI=1S/C21H24BrNO3S/c1-2-3-7-17-16-23-14-5-4-8-20(23)21(17)27(24,25)19-11-9-18(10-12-19)26-15-6-13-22/h4-5,8-12,14,16H,2-3,6-7,13,15H2,1H3. The van der Waals surface area contributed by atoms with Crippen molar-refractivity contribution in [1.82, 2.24) is 4.40 Å². The summed E-state index contributed by atoms with van der Waals surface area (Å²) in [6, 6.07) is 12.4. The Balaban J connectivity index is 1.99. The molecule has 0 amide bonds. The van der Waals surface area contributed by atoms with Crippen molar-refractivity contribution in [3.05, 3.63) is 60.4 Å². The molecule has 1 aromatic carbocycles. The van der Waals surface area contributed by atoms with E-state index in [1.54, 1.807) is 24.3 Å².